The number of sulfone groups is 1. The summed E-state index contributed by atoms with van der Waals surface area (Å²) in [6, 6.07) is 9.43. The maximum absolute atomic E-state index is 12.1. The Morgan fingerprint density at radius 1 is 1.17 bits per heavy atom. The number of hydrogen-bond donors (Lipinski definition) is 0. The molecule has 0 saturated heterocycles. The highest BCUT2D eigenvalue weighted by atomic mass is 35.5. The summed E-state index contributed by atoms with van der Waals surface area (Å²) in [5, 5.41) is 1.87. The molecular weight excluding hydrogens is 292 g/mol. The van der Waals surface area contributed by atoms with Crippen LogP contribution in [0.3, 0.4) is 0 Å². The Labute approximate surface area is 114 Å². The van der Waals surface area contributed by atoms with Crippen molar-refractivity contribution in [1.82, 2.24) is 0 Å². The van der Waals surface area contributed by atoms with Crippen molar-refractivity contribution in [2.75, 3.05) is 5.75 Å². The largest absolute Gasteiger partial charge is 0.292 e. The molecule has 94 valence electrons. The van der Waals surface area contributed by atoms with E-state index in [9.17, 15) is 13.2 Å². The SMILES string of the molecule is O=C(CS(=O)(=O)c1ccccc1Cl)c1cccs1. The molecular formula is C12H9ClO3S2. The number of rotatable bonds is 4. The van der Waals surface area contributed by atoms with Gasteiger partial charge < -0.3 is 0 Å². The highest BCUT2D eigenvalue weighted by Gasteiger charge is 2.22. The van der Waals surface area contributed by atoms with Crippen LogP contribution in [0.2, 0.25) is 5.02 Å². The van der Waals surface area contributed by atoms with E-state index in [0.29, 0.717) is 4.88 Å². The first-order valence-corrected chi connectivity index (χ1v) is 7.96. The van der Waals surface area contributed by atoms with Crippen molar-refractivity contribution in [1.29, 1.82) is 0 Å². The van der Waals surface area contributed by atoms with E-state index in [1.165, 1.54) is 23.5 Å². The van der Waals surface area contributed by atoms with E-state index in [4.69, 9.17) is 11.6 Å². The molecule has 6 heteroatoms. The van der Waals surface area contributed by atoms with Crippen molar-refractivity contribution in [3.63, 3.8) is 0 Å². The van der Waals surface area contributed by atoms with Crippen LogP contribution in [0.5, 0.6) is 0 Å². The van der Waals surface area contributed by atoms with Gasteiger partial charge in [-0.3, -0.25) is 4.79 Å². The van der Waals surface area contributed by atoms with E-state index in [2.05, 4.69) is 0 Å². The molecule has 1 aromatic heterocycles. The number of Topliss-reactive ketones (excluding diaryl/α,β-unsaturated/α-hetero) is 1. The summed E-state index contributed by atoms with van der Waals surface area (Å²) in [6.45, 7) is 0. The molecule has 3 nitrogen and oxygen atoms in total. The van der Waals surface area contributed by atoms with Crippen molar-refractivity contribution < 1.29 is 13.2 Å². The average Bonchev–Trinajstić information content (AvgIpc) is 2.82. The van der Waals surface area contributed by atoms with Gasteiger partial charge in [-0.2, -0.15) is 0 Å². The summed E-state index contributed by atoms with van der Waals surface area (Å²) >= 11 is 7.05. The summed E-state index contributed by atoms with van der Waals surface area (Å²) < 4.78 is 24.1. The lowest BCUT2D eigenvalue weighted by Crippen LogP contribution is -2.15. The van der Waals surface area contributed by atoms with Crippen LogP contribution in [0.4, 0.5) is 0 Å². The molecule has 0 spiro atoms. The predicted molar refractivity (Wildman–Crippen MR) is 72.2 cm³/mol. The Kier molecular flexibility index (Phi) is 3.85. The number of carbonyl (C=O) groups excluding carboxylic acids is 1. The summed E-state index contributed by atoms with van der Waals surface area (Å²) in [4.78, 5) is 12.2. The normalized spacial score (nSPS) is 11.4. The van der Waals surface area contributed by atoms with Crippen LogP contribution in [-0.4, -0.2) is 20.0 Å². The number of hydrogen-bond acceptors (Lipinski definition) is 4. The van der Waals surface area contributed by atoms with Gasteiger partial charge in [0.2, 0.25) is 0 Å². The van der Waals surface area contributed by atoms with Crippen LogP contribution in [0.1, 0.15) is 9.67 Å². The summed E-state index contributed by atoms with van der Waals surface area (Å²) in [5.41, 5.74) is 0. The van der Waals surface area contributed by atoms with Gasteiger partial charge in [-0.25, -0.2) is 8.42 Å². The monoisotopic (exact) mass is 300 g/mol. The quantitative estimate of drug-likeness (QED) is 0.815. The fourth-order valence-corrected chi connectivity index (χ4v) is 4.01. The van der Waals surface area contributed by atoms with E-state index in [0.717, 1.165) is 0 Å². The first-order chi connectivity index (χ1) is 8.50. The van der Waals surface area contributed by atoms with Gasteiger partial charge in [0, 0.05) is 0 Å². The van der Waals surface area contributed by atoms with Crippen molar-refractivity contribution >= 4 is 38.6 Å². The molecule has 2 rings (SSSR count). The molecule has 1 heterocycles. The third-order valence-corrected chi connectivity index (χ3v) is 5.31. The number of ketones is 1. The van der Waals surface area contributed by atoms with Gasteiger partial charge in [-0.05, 0) is 23.6 Å². The van der Waals surface area contributed by atoms with E-state index in [1.807, 2.05) is 0 Å². The van der Waals surface area contributed by atoms with Crippen LogP contribution in [0.25, 0.3) is 0 Å². The van der Waals surface area contributed by atoms with Gasteiger partial charge in [0.25, 0.3) is 0 Å². The molecule has 1 aromatic carbocycles. The lowest BCUT2D eigenvalue weighted by atomic mass is 10.3. The molecule has 2 aromatic rings. The molecule has 0 aliphatic carbocycles. The molecule has 0 saturated carbocycles. The summed E-state index contributed by atoms with van der Waals surface area (Å²) in [7, 11) is -3.69. The molecule has 0 radical (unpaired) electrons. The van der Waals surface area contributed by atoms with E-state index in [-0.39, 0.29) is 9.92 Å². The molecule has 0 bridgehead atoms. The van der Waals surface area contributed by atoms with Gasteiger partial charge in [0.05, 0.1) is 14.8 Å². The molecule has 0 amide bonds. The van der Waals surface area contributed by atoms with Gasteiger partial charge in [-0.1, -0.05) is 29.8 Å². The maximum atomic E-state index is 12.1. The highest BCUT2D eigenvalue weighted by molar-refractivity contribution is 7.92. The van der Waals surface area contributed by atoms with Gasteiger partial charge in [-0.15, -0.1) is 11.3 Å². The standard InChI is InChI=1S/C12H9ClO3S2/c13-9-4-1-2-6-12(9)18(15,16)8-10(14)11-5-3-7-17-11/h1-7H,8H2. The molecule has 0 atom stereocenters. The average molecular weight is 301 g/mol. The van der Waals surface area contributed by atoms with E-state index in [1.54, 1.807) is 29.6 Å². The minimum atomic E-state index is -3.69. The second-order valence-electron chi connectivity index (χ2n) is 3.59. The lowest BCUT2D eigenvalue weighted by molar-refractivity contribution is 0.102. The van der Waals surface area contributed by atoms with Crippen LogP contribution < -0.4 is 0 Å². The molecule has 0 unspecified atom stereocenters. The van der Waals surface area contributed by atoms with Crippen molar-refractivity contribution in [2.24, 2.45) is 0 Å². The molecule has 0 fully saturated rings. The summed E-state index contributed by atoms with van der Waals surface area (Å²) in [5.74, 6) is -0.970. The van der Waals surface area contributed by atoms with E-state index < -0.39 is 21.4 Å². The Hall–Kier alpha value is -1.17. The molecule has 0 aliphatic rings. The first-order valence-electron chi connectivity index (χ1n) is 5.05. The van der Waals surface area contributed by atoms with E-state index >= 15 is 0 Å². The lowest BCUT2D eigenvalue weighted by Gasteiger charge is -2.04. The van der Waals surface area contributed by atoms with Crippen molar-refractivity contribution in [3.8, 4) is 0 Å². The molecule has 18 heavy (non-hydrogen) atoms. The Balaban J connectivity index is 2.29. The Morgan fingerprint density at radius 3 is 2.50 bits per heavy atom. The number of carbonyl (C=O) groups is 1. The topological polar surface area (TPSA) is 51.2 Å². The van der Waals surface area contributed by atoms with Crippen LogP contribution in [0, 0.1) is 0 Å². The highest BCUT2D eigenvalue weighted by Crippen LogP contribution is 2.23. The zero-order valence-corrected chi connectivity index (χ0v) is 11.6. The Morgan fingerprint density at radius 2 is 1.89 bits per heavy atom. The number of halogens is 1. The minimum absolute atomic E-state index is 0.00317. The van der Waals surface area contributed by atoms with Crippen molar-refractivity contribution in [3.05, 3.63) is 51.7 Å². The molecule has 0 N–H and O–H groups in total. The number of thiophene rings is 1. The predicted octanol–water partition coefficient (Wildman–Crippen LogP) is 3.06. The third kappa shape index (κ3) is 2.80. The third-order valence-electron chi connectivity index (χ3n) is 2.29. The van der Waals surface area contributed by atoms with Crippen LogP contribution in [0.15, 0.2) is 46.7 Å². The fourth-order valence-electron chi connectivity index (χ4n) is 1.46. The first kappa shape index (κ1) is 13.3. The zero-order chi connectivity index (χ0) is 13.2. The zero-order valence-electron chi connectivity index (χ0n) is 9.17. The second kappa shape index (κ2) is 5.22. The van der Waals surface area contributed by atoms with Gasteiger partial charge >= 0.3 is 0 Å². The van der Waals surface area contributed by atoms with Crippen LogP contribution >= 0.6 is 22.9 Å². The Bertz CT molecular complexity index is 660. The summed E-state index contributed by atoms with van der Waals surface area (Å²) in [6.07, 6.45) is 0. The smallest absolute Gasteiger partial charge is 0.188 e. The maximum Gasteiger partial charge on any atom is 0.188 e. The second-order valence-corrected chi connectivity index (χ2v) is 6.90. The van der Waals surface area contributed by atoms with Crippen molar-refractivity contribution in [2.45, 2.75) is 4.90 Å². The van der Waals surface area contributed by atoms with Gasteiger partial charge in [0.15, 0.2) is 15.6 Å². The van der Waals surface area contributed by atoms with Crippen LogP contribution in [-0.2, 0) is 9.84 Å². The molecule has 0 aliphatic heterocycles. The number of benzene rings is 1. The minimum Gasteiger partial charge on any atom is -0.292 e. The van der Waals surface area contributed by atoms with Gasteiger partial charge in [0.1, 0.15) is 5.75 Å². The fraction of sp³-hybridized carbons (Fsp3) is 0.0833.